The maximum absolute atomic E-state index is 12.3. The van der Waals surface area contributed by atoms with Gasteiger partial charge >= 0.3 is 5.97 Å². The summed E-state index contributed by atoms with van der Waals surface area (Å²) >= 11 is 0. The Morgan fingerprint density at radius 2 is 1.81 bits per heavy atom. The molecule has 1 fully saturated rings. The molecule has 4 heteroatoms. The van der Waals surface area contributed by atoms with Crippen molar-refractivity contribution in [2.75, 3.05) is 6.54 Å². The number of nitrogens with one attached hydrogen (secondary N) is 1. The van der Waals surface area contributed by atoms with Crippen LogP contribution < -0.4 is 5.32 Å². The summed E-state index contributed by atoms with van der Waals surface area (Å²) in [5.41, 5.74) is 2.33. The van der Waals surface area contributed by atoms with Crippen molar-refractivity contribution in [1.82, 2.24) is 5.32 Å². The Bertz CT molecular complexity index is 538. The van der Waals surface area contributed by atoms with E-state index in [-0.39, 0.29) is 23.7 Å². The van der Waals surface area contributed by atoms with Crippen molar-refractivity contribution >= 4 is 11.9 Å². The molecule has 0 aliphatic heterocycles. The molecule has 2 aliphatic carbocycles. The molecular formula is C17H21NO3. The highest BCUT2D eigenvalue weighted by Crippen LogP contribution is 2.43. The van der Waals surface area contributed by atoms with Crippen molar-refractivity contribution in [3.05, 3.63) is 35.4 Å². The molecule has 0 atom stereocenters. The second-order valence-corrected chi connectivity index (χ2v) is 6.52. The first-order chi connectivity index (χ1) is 10.1. The Morgan fingerprint density at radius 3 is 2.29 bits per heavy atom. The molecule has 4 nitrogen and oxygen atoms in total. The predicted octanol–water partition coefficient (Wildman–Crippen LogP) is 2.16. The van der Waals surface area contributed by atoms with E-state index < -0.39 is 5.97 Å². The number of aliphatic carboxylic acids is 1. The lowest BCUT2D eigenvalue weighted by Crippen LogP contribution is -2.45. The number of rotatable bonds is 5. The lowest BCUT2D eigenvalue weighted by Gasteiger charge is -2.41. The van der Waals surface area contributed by atoms with Gasteiger partial charge in [-0.3, -0.25) is 9.59 Å². The van der Waals surface area contributed by atoms with Crippen LogP contribution in [-0.4, -0.2) is 23.5 Å². The number of hydrogen-bond acceptors (Lipinski definition) is 2. The van der Waals surface area contributed by atoms with Gasteiger partial charge in [-0.2, -0.15) is 0 Å². The standard InChI is InChI=1S/C17H21NO3/c19-15(20)10-17(6-3-7-17)11-18-16(21)14-8-12-4-1-2-5-13(12)9-14/h1-2,4-5,14H,3,6-11H2,(H,18,21)(H,19,20). The minimum Gasteiger partial charge on any atom is -0.481 e. The summed E-state index contributed by atoms with van der Waals surface area (Å²) in [5.74, 6) is -0.690. The summed E-state index contributed by atoms with van der Waals surface area (Å²) in [6.45, 7) is 0.505. The van der Waals surface area contributed by atoms with E-state index in [1.807, 2.05) is 12.1 Å². The zero-order valence-corrected chi connectivity index (χ0v) is 12.1. The smallest absolute Gasteiger partial charge is 0.303 e. The number of carboxylic acid groups (broad SMARTS) is 1. The molecule has 0 spiro atoms. The quantitative estimate of drug-likeness (QED) is 0.872. The van der Waals surface area contributed by atoms with E-state index in [4.69, 9.17) is 5.11 Å². The van der Waals surface area contributed by atoms with Crippen LogP contribution >= 0.6 is 0 Å². The van der Waals surface area contributed by atoms with Crippen LogP contribution in [0.3, 0.4) is 0 Å². The Kier molecular flexibility index (Phi) is 3.70. The second kappa shape index (κ2) is 5.51. The third-order valence-electron chi connectivity index (χ3n) is 5.00. The van der Waals surface area contributed by atoms with Gasteiger partial charge in [-0.1, -0.05) is 30.7 Å². The minimum absolute atomic E-state index is 0.00403. The molecule has 0 bridgehead atoms. The predicted molar refractivity (Wildman–Crippen MR) is 78.9 cm³/mol. The van der Waals surface area contributed by atoms with E-state index in [9.17, 15) is 9.59 Å². The lowest BCUT2D eigenvalue weighted by molar-refractivity contribution is -0.142. The highest BCUT2D eigenvalue weighted by molar-refractivity contribution is 5.80. The summed E-state index contributed by atoms with van der Waals surface area (Å²) < 4.78 is 0. The van der Waals surface area contributed by atoms with Crippen molar-refractivity contribution in [2.45, 2.75) is 38.5 Å². The monoisotopic (exact) mass is 287 g/mol. The van der Waals surface area contributed by atoms with E-state index in [1.165, 1.54) is 11.1 Å². The van der Waals surface area contributed by atoms with Crippen molar-refractivity contribution in [3.8, 4) is 0 Å². The van der Waals surface area contributed by atoms with E-state index in [0.29, 0.717) is 6.54 Å². The highest BCUT2D eigenvalue weighted by atomic mass is 16.4. The van der Waals surface area contributed by atoms with Crippen LogP contribution in [0.25, 0.3) is 0 Å². The molecule has 1 saturated carbocycles. The topological polar surface area (TPSA) is 66.4 Å². The van der Waals surface area contributed by atoms with Crippen molar-refractivity contribution in [1.29, 1.82) is 0 Å². The zero-order valence-electron chi connectivity index (χ0n) is 12.1. The number of hydrogen-bond donors (Lipinski definition) is 2. The maximum atomic E-state index is 12.3. The molecule has 0 unspecified atom stereocenters. The SMILES string of the molecule is O=C(O)CC1(CNC(=O)C2Cc3ccccc3C2)CCC1. The van der Waals surface area contributed by atoms with Crippen LogP contribution in [0.2, 0.25) is 0 Å². The van der Waals surface area contributed by atoms with Crippen molar-refractivity contribution in [2.24, 2.45) is 11.3 Å². The number of carbonyl (C=O) groups is 2. The first-order valence-corrected chi connectivity index (χ1v) is 7.64. The number of fused-ring (bicyclic) bond motifs is 1. The maximum Gasteiger partial charge on any atom is 0.303 e. The molecular weight excluding hydrogens is 266 g/mol. The van der Waals surface area contributed by atoms with Crippen LogP contribution in [0.4, 0.5) is 0 Å². The van der Waals surface area contributed by atoms with Crippen LogP contribution in [0.15, 0.2) is 24.3 Å². The Morgan fingerprint density at radius 1 is 1.19 bits per heavy atom. The first kappa shape index (κ1) is 14.1. The molecule has 3 rings (SSSR count). The van der Waals surface area contributed by atoms with Crippen molar-refractivity contribution in [3.63, 3.8) is 0 Å². The average Bonchev–Trinajstić information content (AvgIpc) is 2.84. The minimum atomic E-state index is -0.766. The van der Waals surface area contributed by atoms with Gasteiger partial charge < -0.3 is 10.4 Å². The molecule has 21 heavy (non-hydrogen) atoms. The zero-order chi connectivity index (χ0) is 14.9. The fourth-order valence-corrected chi connectivity index (χ4v) is 3.58. The molecule has 0 aromatic heterocycles. The van der Waals surface area contributed by atoms with Crippen LogP contribution in [0.5, 0.6) is 0 Å². The molecule has 2 aliphatic rings. The van der Waals surface area contributed by atoms with E-state index >= 15 is 0 Å². The van der Waals surface area contributed by atoms with Gasteiger partial charge in [0.25, 0.3) is 0 Å². The number of amides is 1. The van der Waals surface area contributed by atoms with Crippen LogP contribution in [0, 0.1) is 11.3 Å². The molecule has 0 heterocycles. The van der Waals surface area contributed by atoms with E-state index in [2.05, 4.69) is 17.4 Å². The Balaban J connectivity index is 1.55. The fraction of sp³-hybridized carbons (Fsp3) is 0.529. The molecule has 0 saturated heterocycles. The normalized spacial score (nSPS) is 19.6. The van der Waals surface area contributed by atoms with E-state index in [0.717, 1.165) is 32.1 Å². The molecule has 2 N–H and O–H groups in total. The van der Waals surface area contributed by atoms with Gasteiger partial charge in [0.1, 0.15) is 0 Å². The lowest BCUT2D eigenvalue weighted by atomic mass is 9.66. The summed E-state index contributed by atoms with van der Waals surface area (Å²) in [6, 6.07) is 8.19. The molecule has 0 radical (unpaired) electrons. The van der Waals surface area contributed by atoms with Gasteiger partial charge in [0.05, 0.1) is 6.42 Å². The van der Waals surface area contributed by atoms with Gasteiger partial charge in [0.2, 0.25) is 5.91 Å². The first-order valence-electron chi connectivity index (χ1n) is 7.64. The fourth-order valence-electron chi connectivity index (χ4n) is 3.58. The summed E-state index contributed by atoms with van der Waals surface area (Å²) in [5, 5.41) is 12.0. The van der Waals surface area contributed by atoms with Crippen LogP contribution in [-0.2, 0) is 22.4 Å². The van der Waals surface area contributed by atoms with Gasteiger partial charge in [-0.15, -0.1) is 0 Å². The summed E-state index contributed by atoms with van der Waals surface area (Å²) in [4.78, 5) is 23.3. The third kappa shape index (κ3) is 2.94. The third-order valence-corrected chi connectivity index (χ3v) is 5.00. The number of carbonyl (C=O) groups excluding carboxylic acids is 1. The molecule has 112 valence electrons. The van der Waals surface area contributed by atoms with Gasteiger partial charge in [0.15, 0.2) is 0 Å². The van der Waals surface area contributed by atoms with Crippen LogP contribution in [0.1, 0.15) is 36.8 Å². The second-order valence-electron chi connectivity index (χ2n) is 6.52. The summed E-state index contributed by atoms with van der Waals surface area (Å²) in [6.07, 6.45) is 4.65. The average molecular weight is 287 g/mol. The van der Waals surface area contributed by atoms with Crippen molar-refractivity contribution < 1.29 is 14.7 Å². The molecule has 1 amide bonds. The Labute approximate surface area is 124 Å². The number of benzene rings is 1. The Hall–Kier alpha value is -1.84. The van der Waals surface area contributed by atoms with Gasteiger partial charge in [-0.25, -0.2) is 0 Å². The summed E-state index contributed by atoms with van der Waals surface area (Å²) in [7, 11) is 0. The van der Waals surface area contributed by atoms with Gasteiger partial charge in [-0.05, 0) is 42.2 Å². The van der Waals surface area contributed by atoms with Gasteiger partial charge in [0, 0.05) is 12.5 Å². The largest absolute Gasteiger partial charge is 0.481 e. The molecule has 1 aromatic carbocycles. The molecule has 1 aromatic rings. The van der Waals surface area contributed by atoms with E-state index in [1.54, 1.807) is 0 Å². The highest BCUT2D eigenvalue weighted by Gasteiger charge is 2.39. The number of carboxylic acids is 1.